The first-order valence-electron chi connectivity index (χ1n) is 3.24. The van der Waals surface area contributed by atoms with Crippen LogP contribution in [0.15, 0.2) is 0 Å². The fourth-order valence-corrected chi connectivity index (χ4v) is 0.567. The summed E-state index contributed by atoms with van der Waals surface area (Å²) in [5.74, 6) is 0.158. The molecule has 0 fully saturated rings. The molecule has 0 spiro atoms. The summed E-state index contributed by atoms with van der Waals surface area (Å²) in [5.41, 5.74) is 5.10. The van der Waals surface area contributed by atoms with E-state index in [1.54, 1.807) is 4.90 Å². The molecule has 0 rings (SSSR count). The molecule has 0 aromatic rings. The van der Waals surface area contributed by atoms with Crippen molar-refractivity contribution in [1.29, 1.82) is 5.41 Å². The van der Waals surface area contributed by atoms with E-state index in [1.165, 1.54) is 0 Å². The molecule has 0 aliphatic heterocycles. The number of halogens is 1. The van der Waals surface area contributed by atoms with Gasteiger partial charge >= 0.3 is 0 Å². The lowest BCUT2D eigenvalue weighted by molar-refractivity contribution is 0.302. The summed E-state index contributed by atoms with van der Waals surface area (Å²) in [5, 5.41) is 6.88. The molecule has 3 N–H and O–H groups in total. The van der Waals surface area contributed by atoms with E-state index in [9.17, 15) is 4.39 Å². The van der Waals surface area contributed by atoms with E-state index in [4.69, 9.17) is 11.1 Å². The molecule has 0 bridgehead atoms. The molecule has 3 nitrogen and oxygen atoms in total. The lowest BCUT2D eigenvalue weighted by Gasteiger charge is -2.12. The smallest absolute Gasteiger partial charge is 0.102 e. The van der Waals surface area contributed by atoms with Crippen molar-refractivity contribution in [3.05, 3.63) is 0 Å². The van der Waals surface area contributed by atoms with E-state index in [-0.39, 0.29) is 12.5 Å². The van der Waals surface area contributed by atoms with Crippen LogP contribution in [0.2, 0.25) is 0 Å². The van der Waals surface area contributed by atoms with E-state index < -0.39 is 0 Å². The maximum atomic E-state index is 11.6. The Bertz CT molecular complexity index is 105. The summed E-state index contributed by atoms with van der Waals surface area (Å²) >= 11 is 0. The van der Waals surface area contributed by atoms with Crippen LogP contribution >= 0.6 is 0 Å². The topological polar surface area (TPSA) is 53.1 Å². The second kappa shape index (κ2) is 5.17. The van der Waals surface area contributed by atoms with Crippen LogP contribution in [-0.4, -0.2) is 37.5 Å². The first-order chi connectivity index (χ1) is 4.66. The zero-order valence-corrected chi connectivity index (χ0v) is 6.23. The fourth-order valence-electron chi connectivity index (χ4n) is 0.567. The predicted molar refractivity (Wildman–Crippen MR) is 40.0 cm³/mol. The van der Waals surface area contributed by atoms with Crippen molar-refractivity contribution in [1.82, 2.24) is 4.90 Å². The highest BCUT2D eigenvalue weighted by Gasteiger charge is 1.97. The number of rotatable bonds is 5. The second-order valence-electron chi connectivity index (χ2n) is 2.27. The van der Waals surface area contributed by atoms with Crippen LogP contribution in [0.4, 0.5) is 4.39 Å². The van der Waals surface area contributed by atoms with Gasteiger partial charge in [-0.25, -0.2) is 4.39 Å². The third-order valence-electron chi connectivity index (χ3n) is 1.23. The molecule has 0 saturated heterocycles. The van der Waals surface area contributed by atoms with Gasteiger partial charge < -0.3 is 10.6 Å². The molecule has 4 heteroatoms. The Balaban J connectivity index is 3.21. The van der Waals surface area contributed by atoms with Crippen molar-refractivity contribution >= 4 is 5.84 Å². The van der Waals surface area contributed by atoms with Gasteiger partial charge in [0.15, 0.2) is 0 Å². The van der Waals surface area contributed by atoms with Gasteiger partial charge in [-0.15, -0.1) is 0 Å². The van der Waals surface area contributed by atoms with E-state index >= 15 is 0 Å². The first-order valence-corrected chi connectivity index (χ1v) is 3.24. The Morgan fingerprint density at radius 3 is 2.60 bits per heavy atom. The molecular formula is C6H14FN3. The first kappa shape index (κ1) is 9.36. The summed E-state index contributed by atoms with van der Waals surface area (Å²) in [6.45, 7) is 0.751. The third-order valence-corrected chi connectivity index (χ3v) is 1.23. The van der Waals surface area contributed by atoms with E-state index in [1.807, 2.05) is 7.05 Å². The Morgan fingerprint density at radius 2 is 2.20 bits per heavy atom. The number of amidine groups is 1. The SMILES string of the molecule is CN(CCF)CCC(=N)N. The molecule has 0 atom stereocenters. The van der Waals surface area contributed by atoms with Crippen molar-refractivity contribution in [2.24, 2.45) is 5.73 Å². The Kier molecular flexibility index (Phi) is 4.84. The van der Waals surface area contributed by atoms with Crippen LogP contribution in [0, 0.1) is 5.41 Å². The van der Waals surface area contributed by atoms with Crippen molar-refractivity contribution < 1.29 is 4.39 Å². The molecular weight excluding hydrogens is 133 g/mol. The van der Waals surface area contributed by atoms with Gasteiger partial charge in [-0.1, -0.05) is 0 Å². The second-order valence-corrected chi connectivity index (χ2v) is 2.27. The molecule has 0 aromatic heterocycles. The maximum absolute atomic E-state index is 11.6. The van der Waals surface area contributed by atoms with Crippen LogP contribution in [0.1, 0.15) is 6.42 Å². The maximum Gasteiger partial charge on any atom is 0.102 e. The molecule has 0 radical (unpaired) electrons. The lowest BCUT2D eigenvalue weighted by Crippen LogP contribution is -2.25. The van der Waals surface area contributed by atoms with Gasteiger partial charge in [-0.05, 0) is 7.05 Å². The third kappa shape index (κ3) is 5.50. The minimum atomic E-state index is -0.339. The Morgan fingerprint density at radius 1 is 1.60 bits per heavy atom. The quantitative estimate of drug-likeness (QED) is 0.431. The predicted octanol–water partition coefficient (Wildman–Crippen LogP) is 0.214. The monoisotopic (exact) mass is 147 g/mol. The number of nitrogens with zero attached hydrogens (tertiary/aromatic N) is 1. The lowest BCUT2D eigenvalue weighted by atomic mass is 10.4. The number of nitrogens with two attached hydrogens (primary N) is 1. The highest BCUT2D eigenvalue weighted by Crippen LogP contribution is 1.85. The van der Waals surface area contributed by atoms with Gasteiger partial charge in [0.05, 0.1) is 5.84 Å². The van der Waals surface area contributed by atoms with E-state index in [2.05, 4.69) is 0 Å². The summed E-state index contributed by atoms with van der Waals surface area (Å²) < 4.78 is 11.6. The molecule has 60 valence electrons. The fraction of sp³-hybridized carbons (Fsp3) is 0.833. The van der Waals surface area contributed by atoms with Crippen LogP contribution in [0.5, 0.6) is 0 Å². The largest absolute Gasteiger partial charge is 0.388 e. The van der Waals surface area contributed by atoms with Crippen molar-refractivity contribution in [2.45, 2.75) is 6.42 Å². The number of alkyl halides is 1. The van der Waals surface area contributed by atoms with Crippen molar-refractivity contribution in [3.63, 3.8) is 0 Å². The van der Waals surface area contributed by atoms with E-state index in [0.29, 0.717) is 19.5 Å². The van der Waals surface area contributed by atoms with Crippen LogP contribution < -0.4 is 5.73 Å². The minimum Gasteiger partial charge on any atom is -0.388 e. The standard InChI is InChI=1S/C6H14FN3/c1-10(5-3-7)4-2-6(8)9/h2-5H2,1H3,(H3,8,9). The number of hydrogen-bond donors (Lipinski definition) is 2. The summed E-state index contributed by atoms with van der Waals surface area (Å²) in [7, 11) is 1.81. The summed E-state index contributed by atoms with van der Waals surface area (Å²) in [6, 6.07) is 0. The van der Waals surface area contributed by atoms with Crippen molar-refractivity contribution in [3.8, 4) is 0 Å². The Hall–Kier alpha value is -0.640. The van der Waals surface area contributed by atoms with Gasteiger partial charge in [-0.2, -0.15) is 0 Å². The molecule has 0 heterocycles. The highest BCUT2D eigenvalue weighted by atomic mass is 19.1. The molecule has 0 aliphatic rings. The zero-order chi connectivity index (χ0) is 7.98. The number of nitrogens with one attached hydrogen (secondary N) is 1. The van der Waals surface area contributed by atoms with E-state index in [0.717, 1.165) is 0 Å². The van der Waals surface area contributed by atoms with Gasteiger partial charge in [-0.3, -0.25) is 5.41 Å². The normalized spacial score (nSPS) is 10.3. The summed E-state index contributed by atoms with van der Waals surface area (Å²) in [4.78, 5) is 1.81. The average Bonchev–Trinajstić information content (AvgIpc) is 1.85. The molecule has 0 aromatic carbocycles. The molecule has 0 saturated carbocycles. The Labute approximate surface area is 60.5 Å². The average molecular weight is 147 g/mol. The van der Waals surface area contributed by atoms with Gasteiger partial charge in [0.25, 0.3) is 0 Å². The number of hydrogen-bond acceptors (Lipinski definition) is 2. The molecule has 0 amide bonds. The van der Waals surface area contributed by atoms with Crippen LogP contribution in [-0.2, 0) is 0 Å². The zero-order valence-electron chi connectivity index (χ0n) is 6.23. The van der Waals surface area contributed by atoms with Crippen LogP contribution in [0.3, 0.4) is 0 Å². The van der Waals surface area contributed by atoms with Crippen molar-refractivity contribution in [2.75, 3.05) is 26.8 Å². The summed E-state index contributed by atoms with van der Waals surface area (Å²) in [6.07, 6.45) is 0.524. The minimum absolute atomic E-state index is 0.158. The van der Waals surface area contributed by atoms with Crippen LogP contribution in [0.25, 0.3) is 0 Å². The molecule has 10 heavy (non-hydrogen) atoms. The molecule has 0 aliphatic carbocycles. The van der Waals surface area contributed by atoms with Gasteiger partial charge in [0.1, 0.15) is 6.67 Å². The van der Waals surface area contributed by atoms with Gasteiger partial charge in [0, 0.05) is 19.5 Å². The highest BCUT2D eigenvalue weighted by molar-refractivity contribution is 5.76. The molecule has 0 unspecified atom stereocenters. The van der Waals surface area contributed by atoms with Gasteiger partial charge in [0.2, 0.25) is 0 Å².